The maximum atomic E-state index is 13.0. The molecule has 0 unspecified atom stereocenters. The van der Waals surface area contributed by atoms with Crippen LogP contribution < -0.4 is 0 Å². The molecule has 1 heterocycles. The van der Waals surface area contributed by atoms with E-state index in [1.807, 2.05) is 0 Å². The lowest BCUT2D eigenvalue weighted by Gasteiger charge is -2.02. The van der Waals surface area contributed by atoms with Gasteiger partial charge in [0, 0.05) is 18.1 Å². The quantitative estimate of drug-likeness (QED) is 0.306. The normalized spacial score (nSPS) is 11.2. The Hall–Kier alpha value is -2.91. The van der Waals surface area contributed by atoms with Gasteiger partial charge in [0.25, 0.3) is 5.69 Å². The molecular formula is C16H11ClFN5O2S. The molecule has 26 heavy (non-hydrogen) atoms. The number of H-pyrrole nitrogens is 1. The molecular weight excluding hydrogens is 381 g/mol. The SMILES string of the molecule is O=[N+]([O-])c1cc(/C=N\n2c(Cc3ccc(F)cc3)n[nH]c2=S)ccc1Cl. The number of hydrogen-bond donors (Lipinski definition) is 1. The molecule has 0 aliphatic rings. The number of nitrogens with zero attached hydrogens (tertiary/aromatic N) is 4. The van der Waals surface area contributed by atoms with Crippen molar-refractivity contribution in [3.8, 4) is 0 Å². The summed E-state index contributed by atoms with van der Waals surface area (Å²) in [6.07, 6.45) is 1.80. The van der Waals surface area contributed by atoms with Gasteiger partial charge in [-0.25, -0.2) is 4.39 Å². The van der Waals surface area contributed by atoms with Gasteiger partial charge in [0.2, 0.25) is 4.77 Å². The number of halogens is 2. The van der Waals surface area contributed by atoms with Gasteiger partial charge in [0.15, 0.2) is 5.82 Å². The molecule has 1 N–H and O–H groups in total. The Morgan fingerprint density at radius 3 is 2.77 bits per heavy atom. The summed E-state index contributed by atoms with van der Waals surface area (Å²) in [5.74, 6) is 0.191. The van der Waals surface area contributed by atoms with Crippen LogP contribution in [0.5, 0.6) is 0 Å². The van der Waals surface area contributed by atoms with Crippen LogP contribution in [-0.4, -0.2) is 26.0 Å². The van der Waals surface area contributed by atoms with Gasteiger partial charge >= 0.3 is 0 Å². The molecule has 0 fully saturated rings. The second-order valence-electron chi connectivity index (χ2n) is 5.27. The zero-order chi connectivity index (χ0) is 18.7. The number of rotatable bonds is 5. The molecule has 3 rings (SSSR count). The number of nitro benzene ring substituents is 1. The summed E-state index contributed by atoms with van der Waals surface area (Å²) in [5.41, 5.74) is 1.11. The first-order valence-corrected chi connectivity index (χ1v) is 8.11. The topological polar surface area (TPSA) is 89.1 Å². The zero-order valence-electron chi connectivity index (χ0n) is 13.1. The highest BCUT2D eigenvalue weighted by molar-refractivity contribution is 7.71. The van der Waals surface area contributed by atoms with Gasteiger partial charge in [-0.15, -0.1) is 0 Å². The van der Waals surface area contributed by atoms with Crippen LogP contribution in [-0.2, 0) is 6.42 Å². The van der Waals surface area contributed by atoms with E-state index in [1.54, 1.807) is 18.2 Å². The van der Waals surface area contributed by atoms with E-state index < -0.39 is 4.92 Å². The molecule has 2 aromatic carbocycles. The Labute approximate surface area is 156 Å². The van der Waals surface area contributed by atoms with Crippen molar-refractivity contribution < 1.29 is 9.31 Å². The first kappa shape index (κ1) is 17.9. The van der Waals surface area contributed by atoms with Crippen molar-refractivity contribution in [2.75, 3.05) is 0 Å². The van der Waals surface area contributed by atoms with Gasteiger partial charge in [-0.05, 0) is 36.0 Å². The number of aromatic amines is 1. The maximum absolute atomic E-state index is 13.0. The van der Waals surface area contributed by atoms with E-state index in [1.165, 1.54) is 35.2 Å². The van der Waals surface area contributed by atoms with E-state index in [2.05, 4.69) is 15.3 Å². The van der Waals surface area contributed by atoms with Crippen LogP contribution in [0, 0.1) is 20.7 Å². The van der Waals surface area contributed by atoms with E-state index in [-0.39, 0.29) is 21.3 Å². The predicted molar refractivity (Wildman–Crippen MR) is 97.7 cm³/mol. The molecule has 0 aliphatic carbocycles. The third-order valence-corrected chi connectivity index (χ3v) is 4.07. The summed E-state index contributed by atoms with van der Waals surface area (Å²) in [5, 5.41) is 22.0. The molecule has 3 aromatic rings. The fraction of sp³-hybridized carbons (Fsp3) is 0.0625. The lowest BCUT2D eigenvalue weighted by molar-refractivity contribution is -0.384. The van der Waals surface area contributed by atoms with Crippen molar-refractivity contribution in [2.45, 2.75) is 6.42 Å². The Morgan fingerprint density at radius 1 is 1.35 bits per heavy atom. The monoisotopic (exact) mass is 391 g/mol. The van der Waals surface area contributed by atoms with Crippen LogP contribution in [0.15, 0.2) is 47.6 Å². The van der Waals surface area contributed by atoms with Gasteiger partial charge < -0.3 is 0 Å². The number of hydrogen-bond acceptors (Lipinski definition) is 5. The van der Waals surface area contributed by atoms with Crippen LogP contribution in [0.2, 0.25) is 5.02 Å². The maximum Gasteiger partial charge on any atom is 0.288 e. The molecule has 0 aliphatic heterocycles. The van der Waals surface area contributed by atoms with Gasteiger partial charge in [-0.1, -0.05) is 29.8 Å². The molecule has 10 heteroatoms. The summed E-state index contributed by atoms with van der Waals surface area (Å²) in [4.78, 5) is 10.4. The van der Waals surface area contributed by atoms with Gasteiger partial charge in [-0.2, -0.15) is 14.9 Å². The average molecular weight is 392 g/mol. The Bertz CT molecular complexity index is 1050. The Balaban J connectivity index is 1.88. The molecule has 0 bridgehead atoms. The Kier molecular flexibility index (Phi) is 5.19. The lowest BCUT2D eigenvalue weighted by atomic mass is 10.1. The van der Waals surface area contributed by atoms with Gasteiger partial charge in [0.1, 0.15) is 10.8 Å². The molecule has 7 nitrogen and oxygen atoms in total. The van der Waals surface area contributed by atoms with Crippen molar-refractivity contribution in [3.05, 3.63) is 85.1 Å². The van der Waals surface area contributed by atoms with Crippen LogP contribution in [0.4, 0.5) is 10.1 Å². The summed E-state index contributed by atoms with van der Waals surface area (Å²) in [7, 11) is 0. The smallest absolute Gasteiger partial charge is 0.258 e. The summed E-state index contributed by atoms with van der Waals surface area (Å²) < 4.78 is 14.7. The number of aromatic nitrogens is 3. The van der Waals surface area contributed by atoms with E-state index in [0.29, 0.717) is 17.8 Å². The molecule has 0 saturated heterocycles. The average Bonchev–Trinajstić information content (AvgIpc) is 2.95. The molecule has 0 radical (unpaired) electrons. The van der Waals surface area contributed by atoms with Crippen molar-refractivity contribution in [1.82, 2.24) is 14.9 Å². The van der Waals surface area contributed by atoms with Crippen LogP contribution in [0.1, 0.15) is 17.0 Å². The standard InChI is InChI=1S/C16H11ClFN5O2S/c17-13-6-3-11(7-14(13)23(24)25)9-19-22-15(20-21-16(22)26)8-10-1-4-12(18)5-2-10/h1-7,9H,8H2,(H,21,26)/b19-9-. The first-order chi connectivity index (χ1) is 12.4. The zero-order valence-corrected chi connectivity index (χ0v) is 14.7. The minimum Gasteiger partial charge on any atom is -0.258 e. The van der Waals surface area contributed by atoms with Crippen molar-refractivity contribution in [2.24, 2.45) is 5.10 Å². The molecule has 1 aromatic heterocycles. The number of nitro groups is 1. The molecule has 0 amide bonds. The molecule has 0 atom stereocenters. The highest BCUT2D eigenvalue weighted by atomic mass is 35.5. The second-order valence-corrected chi connectivity index (χ2v) is 6.07. The van der Waals surface area contributed by atoms with Crippen LogP contribution in [0.3, 0.4) is 0 Å². The number of benzene rings is 2. The molecule has 0 spiro atoms. The van der Waals surface area contributed by atoms with E-state index >= 15 is 0 Å². The first-order valence-electron chi connectivity index (χ1n) is 7.33. The Morgan fingerprint density at radius 2 is 2.08 bits per heavy atom. The van der Waals surface area contributed by atoms with Crippen molar-refractivity contribution >= 4 is 35.7 Å². The molecule has 132 valence electrons. The largest absolute Gasteiger partial charge is 0.288 e. The summed E-state index contributed by atoms with van der Waals surface area (Å²) >= 11 is 10.9. The summed E-state index contributed by atoms with van der Waals surface area (Å²) in [6, 6.07) is 10.3. The van der Waals surface area contributed by atoms with E-state index in [4.69, 9.17) is 23.8 Å². The number of nitrogens with one attached hydrogen (secondary N) is 1. The van der Waals surface area contributed by atoms with Crippen molar-refractivity contribution in [3.63, 3.8) is 0 Å². The minimum absolute atomic E-state index is 0.0454. The third-order valence-electron chi connectivity index (χ3n) is 3.48. The van der Waals surface area contributed by atoms with Gasteiger partial charge in [0.05, 0.1) is 11.1 Å². The fourth-order valence-electron chi connectivity index (χ4n) is 2.22. The van der Waals surface area contributed by atoms with Gasteiger partial charge in [-0.3, -0.25) is 15.2 Å². The highest BCUT2D eigenvalue weighted by Crippen LogP contribution is 2.24. The van der Waals surface area contributed by atoms with Crippen LogP contribution >= 0.6 is 23.8 Å². The predicted octanol–water partition coefficient (Wildman–Crippen LogP) is 4.11. The minimum atomic E-state index is -0.566. The van der Waals surface area contributed by atoms with E-state index in [0.717, 1.165) is 5.56 Å². The lowest BCUT2D eigenvalue weighted by Crippen LogP contribution is -2.01. The summed E-state index contributed by atoms with van der Waals surface area (Å²) in [6.45, 7) is 0. The van der Waals surface area contributed by atoms with E-state index in [9.17, 15) is 14.5 Å². The second kappa shape index (κ2) is 7.54. The third kappa shape index (κ3) is 4.01. The fourth-order valence-corrected chi connectivity index (χ4v) is 2.60. The molecule has 0 saturated carbocycles. The van der Waals surface area contributed by atoms with Crippen molar-refractivity contribution in [1.29, 1.82) is 0 Å². The van der Waals surface area contributed by atoms with Crippen LogP contribution in [0.25, 0.3) is 0 Å². The highest BCUT2D eigenvalue weighted by Gasteiger charge is 2.12.